The van der Waals surface area contributed by atoms with Crippen molar-refractivity contribution < 1.29 is 36.9 Å². The number of carbonyl (C=O) groups excluding carboxylic acids is 1. The Hall–Kier alpha value is -6.65. The van der Waals surface area contributed by atoms with Gasteiger partial charge in [-0.3, -0.25) is 14.3 Å². The number of nitriles is 1. The predicted octanol–water partition coefficient (Wildman–Crippen LogP) is 8.88. The maximum Gasteiger partial charge on any atom is 0.274 e. The number of sulfonamides is 1. The Labute approximate surface area is 424 Å². The first-order valence-electron chi connectivity index (χ1n) is 24.1. The standard InChI is InChI=1S/C53H61ClN8O9S/c1-7-72(65,66)60-36-14-16-45(42(27-36)43-33-61(6)48(64)46-41(43)17-20-56-46)70-39-12-8-11-38(28-39)69-26-10-24-67-23-9-25-68-37-18-21-62(22-19-37)51-57-31-35(32-58-51)47(63)59-49-52(2,3)50(53(49,4)5)71-40-15-13-34(30-55)44(54)29-40/h8,11-17,20,27-29,31-33,37,49-50,56,60H,7,9-10,18-19,21-26H2,1-6H3,(H,59,63). The predicted molar refractivity (Wildman–Crippen MR) is 277 cm³/mol. The molecule has 380 valence electrons. The van der Waals surface area contributed by atoms with E-state index in [2.05, 4.69) is 63.7 Å². The van der Waals surface area contributed by atoms with Crippen molar-refractivity contribution in [2.45, 2.75) is 78.6 Å². The Kier molecular flexibility index (Phi) is 15.8. The van der Waals surface area contributed by atoms with Gasteiger partial charge in [-0.25, -0.2) is 18.4 Å². The summed E-state index contributed by atoms with van der Waals surface area (Å²) in [6.45, 7) is 13.4. The number of ether oxygens (including phenoxy) is 5. The number of fused-ring (bicyclic) bond motifs is 1. The molecule has 0 bridgehead atoms. The topological polar surface area (TPSA) is 212 Å². The zero-order valence-corrected chi connectivity index (χ0v) is 42.9. The molecule has 1 amide bonds. The molecule has 1 saturated heterocycles. The van der Waals surface area contributed by atoms with Gasteiger partial charge in [0, 0.05) is 122 Å². The minimum absolute atomic E-state index is 0.0829. The van der Waals surface area contributed by atoms with E-state index in [4.69, 9.17) is 35.3 Å². The number of aryl methyl sites for hydroxylation is 1. The number of H-pyrrole nitrogens is 1. The normalized spacial score (nSPS) is 17.4. The summed E-state index contributed by atoms with van der Waals surface area (Å²) in [5.74, 6) is 2.43. The van der Waals surface area contributed by atoms with Crippen LogP contribution in [0.25, 0.3) is 22.0 Å². The summed E-state index contributed by atoms with van der Waals surface area (Å²) in [7, 11) is -1.88. The Morgan fingerprint density at radius 3 is 2.35 bits per heavy atom. The van der Waals surface area contributed by atoms with Gasteiger partial charge in [0.05, 0.1) is 34.6 Å². The van der Waals surface area contributed by atoms with Crippen molar-refractivity contribution in [3.8, 4) is 40.2 Å². The van der Waals surface area contributed by atoms with Gasteiger partial charge in [0.1, 0.15) is 40.7 Å². The molecule has 3 aromatic heterocycles. The zero-order chi connectivity index (χ0) is 51.2. The van der Waals surface area contributed by atoms with Crippen LogP contribution in [0.15, 0.2) is 96.3 Å². The van der Waals surface area contributed by atoms with Crippen LogP contribution in [0, 0.1) is 22.2 Å². The molecule has 2 fully saturated rings. The van der Waals surface area contributed by atoms with Crippen LogP contribution in [-0.4, -0.2) is 97.4 Å². The van der Waals surface area contributed by atoms with Gasteiger partial charge >= 0.3 is 0 Å². The van der Waals surface area contributed by atoms with Crippen molar-refractivity contribution >= 4 is 50.1 Å². The number of rotatable bonds is 21. The summed E-state index contributed by atoms with van der Waals surface area (Å²) in [5.41, 5.74) is 1.88. The van der Waals surface area contributed by atoms with E-state index in [1.807, 2.05) is 24.3 Å². The molecule has 8 rings (SSSR count). The fourth-order valence-corrected chi connectivity index (χ4v) is 10.7. The number of carbonyl (C=O) groups is 1. The summed E-state index contributed by atoms with van der Waals surface area (Å²) in [4.78, 5) is 40.5. The van der Waals surface area contributed by atoms with Crippen LogP contribution in [-0.2, 0) is 26.5 Å². The summed E-state index contributed by atoms with van der Waals surface area (Å²) in [6.07, 6.45) is 9.60. The second-order valence-corrected chi connectivity index (χ2v) is 21.7. The largest absolute Gasteiger partial charge is 0.493 e. The van der Waals surface area contributed by atoms with E-state index in [0.717, 1.165) is 32.4 Å². The first kappa shape index (κ1) is 51.7. The summed E-state index contributed by atoms with van der Waals surface area (Å²) in [6, 6.07) is 21.1. The van der Waals surface area contributed by atoms with Crippen LogP contribution < -0.4 is 34.7 Å². The molecule has 3 N–H and O–H groups in total. The van der Waals surface area contributed by atoms with Crippen LogP contribution in [0.2, 0.25) is 5.02 Å². The molecular formula is C53H61ClN8O9S. The number of aromatic amines is 1. The summed E-state index contributed by atoms with van der Waals surface area (Å²) < 4.78 is 59.8. The lowest BCUT2D eigenvalue weighted by atomic mass is 9.49. The second kappa shape index (κ2) is 22.0. The Balaban J connectivity index is 0.727. The number of aromatic nitrogens is 4. The van der Waals surface area contributed by atoms with Crippen LogP contribution in [0.1, 0.15) is 76.2 Å². The molecule has 6 aromatic rings. The van der Waals surface area contributed by atoms with E-state index >= 15 is 0 Å². The number of nitrogens with one attached hydrogen (secondary N) is 3. The molecule has 72 heavy (non-hydrogen) atoms. The van der Waals surface area contributed by atoms with E-state index < -0.39 is 20.9 Å². The lowest BCUT2D eigenvalue weighted by Gasteiger charge is -2.63. The number of benzene rings is 3. The number of amides is 1. The highest BCUT2D eigenvalue weighted by atomic mass is 35.5. The number of hydrogen-bond donors (Lipinski definition) is 3. The third kappa shape index (κ3) is 11.7. The highest BCUT2D eigenvalue weighted by Gasteiger charge is 2.64. The molecule has 0 radical (unpaired) electrons. The van der Waals surface area contributed by atoms with E-state index in [0.29, 0.717) is 106 Å². The Morgan fingerprint density at radius 1 is 0.917 bits per heavy atom. The van der Waals surface area contributed by atoms with Crippen LogP contribution in [0.5, 0.6) is 23.0 Å². The zero-order valence-electron chi connectivity index (χ0n) is 41.4. The lowest BCUT2D eigenvalue weighted by molar-refractivity contribution is -0.164. The van der Waals surface area contributed by atoms with E-state index in [-0.39, 0.29) is 35.5 Å². The van der Waals surface area contributed by atoms with Crippen LogP contribution in [0.3, 0.4) is 0 Å². The smallest absolute Gasteiger partial charge is 0.274 e. The number of halogens is 1. The quantitative estimate of drug-likeness (QED) is 0.0576. The van der Waals surface area contributed by atoms with Gasteiger partial charge in [0.2, 0.25) is 16.0 Å². The molecule has 1 aliphatic carbocycles. The maximum absolute atomic E-state index is 13.4. The molecule has 2 aliphatic rings. The molecular weight excluding hydrogens is 960 g/mol. The number of anilines is 2. The highest BCUT2D eigenvalue weighted by Crippen LogP contribution is 2.55. The van der Waals surface area contributed by atoms with Crippen molar-refractivity contribution in [1.29, 1.82) is 5.26 Å². The Bertz CT molecular complexity index is 3090. The van der Waals surface area contributed by atoms with Gasteiger partial charge in [-0.05, 0) is 74.7 Å². The molecule has 0 spiro atoms. The monoisotopic (exact) mass is 1020 g/mol. The van der Waals surface area contributed by atoms with E-state index in [9.17, 15) is 23.3 Å². The summed E-state index contributed by atoms with van der Waals surface area (Å²) in [5, 5.41) is 13.4. The maximum atomic E-state index is 13.4. The van der Waals surface area contributed by atoms with Gasteiger partial charge in [-0.15, -0.1) is 0 Å². The number of nitrogens with zero attached hydrogens (tertiary/aromatic N) is 5. The average molecular weight is 1020 g/mol. The van der Waals surface area contributed by atoms with Crippen molar-refractivity contribution in [3.05, 3.63) is 118 Å². The van der Waals surface area contributed by atoms with E-state index in [1.165, 1.54) is 4.57 Å². The van der Waals surface area contributed by atoms with Crippen molar-refractivity contribution in [3.63, 3.8) is 0 Å². The average Bonchev–Trinajstić information content (AvgIpc) is 3.87. The molecule has 19 heteroatoms. The van der Waals surface area contributed by atoms with Crippen molar-refractivity contribution in [1.82, 2.24) is 24.8 Å². The molecule has 0 atom stereocenters. The van der Waals surface area contributed by atoms with Gasteiger partial charge in [0.25, 0.3) is 11.5 Å². The third-order valence-electron chi connectivity index (χ3n) is 13.4. The number of piperidine rings is 1. The number of pyridine rings is 1. The minimum atomic E-state index is -3.54. The number of hydrogen-bond acceptors (Lipinski definition) is 13. The molecule has 0 unspecified atom stereocenters. The molecule has 1 aliphatic heterocycles. The SMILES string of the molecule is CCS(=O)(=O)Nc1ccc(Oc2cccc(OCCCOCCCOC3CCN(c4ncc(C(=O)NC5C(C)(C)C(Oc6ccc(C#N)c(Cl)c6)C5(C)C)cn4)CC3)c2)c(-c2cn(C)c(=O)c3[nH]ccc23)c1. The van der Waals surface area contributed by atoms with Crippen LogP contribution >= 0.6 is 11.6 Å². The van der Waals surface area contributed by atoms with Gasteiger partial charge in [-0.1, -0.05) is 45.4 Å². The first-order valence-corrected chi connectivity index (χ1v) is 26.2. The first-order chi connectivity index (χ1) is 34.5. The minimum Gasteiger partial charge on any atom is -0.493 e. The van der Waals surface area contributed by atoms with Crippen LogP contribution in [0.4, 0.5) is 11.6 Å². The van der Waals surface area contributed by atoms with Gasteiger partial charge in [-0.2, -0.15) is 5.26 Å². The van der Waals surface area contributed by atoms with Crippen molar-refractivity contribution in [2.75, 3.05) is 54.9 Å². The second-order valence-electron chi connectivity index (χ2n) is 19.3. The van der Waals surface area contributed by atoms with Crippen molar-refractivity contribution in [2.24, 2.45) is 17.9 Å². The molecule has 3 aromatic carbocycles. The molecule has 17 nitrogen and oxygen atoms in total. The van der Waals surface area contributed by atoms with E-state index in [1.54, 1.807) is 81.2 Å². The lowest BCUT2D eigenvalue weighted by Crippen LogP contribution is -2.74. The summed E-state index contributed by atoms with van der Waals surface area (Å²) >= 11 is 6.25. The fourth-order valence-electron chi connectivity index (χ4n) is 9.88. The highest BCUT2D eigenvalue weighted by molar-refractivity contribution is 7.92. The Morgan fingerprint density at radius 2 is 1.64 bits per heavy atom. The molecule has 4 heterocycles. The van der Waals surface area contributed by atoms with Gasteiger partial charge < -0.3 is 43.5 Å². The third-order valence-corrected chi connectivity index (χ3v) is 15.0. The fraction of sp³-hybridized carbons (Fsp3) is 0.415. The van der Waals surface area contributed by atoms with Gasteiger partial charge in [0.15, 0.2) is 0 Å². The molecule has 1 saturated carbocycles.